The van der Waals surface area contributed by atoms with Gasteiger partial charge in [-0.2, -0.15) is 0 Å². The molecule has 6 nitrogen and oxygen atoms in total. The third-order valence-electron chi connectivity index (χ3n) is 4.29. The average molecular weight is 392 g/mol. The standard InChI is InChI=1S/C20H29N3O3S/c1-20(2,17-8-7-9-27-17)13-23-19(21-3)22-12-14-10-15(24-4)18(26-6)16(11-14)25-5/h7-11H,12-13H2,1-6H3,(H2,21,22,23). The van der Waals surface area contributed by atoms with Crippen molar-refractivity contribution in [2.75, 3.05) is 34.9 Å². The van der Waals surface area contributed by atoms with Crippen molar-refractivity contribution in [3.05, 3.63) is 40.1 Å². The number of thiophene rings is 1. The average Bonchev–Trinajstić information content (AvgIpc) is 3.23. The largest absolute Gasteiger partial charge is 0.493 e. The van der Waals surface area contributed by atoms with Gasteiger partial charge in [0.05, 0.1) is 21.3 Å². The van der Waals surface area contributed by atoms with E-state index in [1.165, 1.54) is 4.88 Å². The molecule has 1 heterocycles. The highest BCUT2D eigenvalue weighted by molar-refractivity contribution is 7.10. The van der Waals surface area contributed by atoms with Gasteiger partial charge in [-0.05, 0) is 29.1 Å². The molecule has 2 N–H and O–H groups in total. The maximum Gasteiger partial charge on any atom is 0.203 e. The van der Waals surface area contributed by atoms with Gasteiger partial charge in [0.1, 0.15) is 0 Å². The van der Waals surface area contributed by atoms with E-state index in [0.29, 0.717) is 23.8 Å². The van der Waals surface area contributed by atoms with E-state index in [1.54, 1.807) is 39.7 Å². The summed E-state index contributed by atoms with van der Waals surface area (Å²) in [6, 6.07) is 8.10. The Kier molecular flexibility index (Phi) is 7.36. The second kappa shape index (κ2) is 9.50. The molecule has 27 heavy (non-hydrogen) atoms. The molecule has 0 unspecified atom stereocenters. The molecule has 0 aliphatic carbocycles. The van der Waals surface area contributed by atoms with E-state index in [4.69, 9.17) is 14.2 Å². The SMILES string of the molecule is CN=C(NCc1cc(OC)c(OC)c(OC)c1)NCC(C)(C)c1cccs1. The van der Waals surface area contributed by atoms with Crippen molar-refractivity contribution in [2.45, 2.75) is 25.8 Å². The number of benzene rings is 1. The Morgan fingerprint density at radius 3 is 2.22 bits per heavy atom. The zero-order valence-corrected chi connectivity index (χ0v) is 17.7. The number of hydrogen-bond acceptors (Lipinski definition) is 5. The van der Waals surface area contributed by atoms with Crippen molar-refractivity contribution < 1.29 is 14.2 Å². The van der Waals surface area contributed by atoms with Crippen molar-refractivity contribution in [2.24, 2.45) is 4.99 Å². The van der Waals surface area contributed by atoms with Gasteiger partial charge >= 0.3 is 0 Å². The van der Waals surface area contributed by atoms with Gasteiger partial charge in [0.25, 0.3) is 0 Å². The number of hydrogen-bond donors (Lipinski definition) is 2. The molecule has 0 amide bonds. The van der Waals surface area contributed by atoms with Crippen LogP contribution < -0.4 is 24.8 Å². The van der Waals surface area contributed by atoms with Crippen LogP contribution in [-0.4, -0.2) is 40.9 Å². The number of aliphatic imine (C=N–C) groups is 1. The summed E-state index contributed by atoms with van der Waals surface area (Å²) in [5, 5.41) is 8.85. The summed E-state index contributed by atoms with van der Waals surface area (Å²) in [6.07, 6.45) is 0. The lowest BCUT2D eigenvalue weighted by Crippen LogP contribution is -2.42. The number of nitrogens with zero attached hydrogens (tertiary/aromatic N) is 1. The van der Waals surface area contributed by atoms with Crippen LogP contribution in [0.4, 0.5) is 0 Å². The lowest BCUT2D eigenvalue weighted by molar-refractivity contribution is 0.323. The second-order valence-electron chi connectivity index (χ2n) is 6.67. The Balaban J connectivity index is 2.02. The second-order valence-corrected chi connectivity index (χ2v) is 7.62. The molecular formula is C20H29N3O3S. The normalized spacial score (nSPS) is 11.9. The fourth-order valence-corrected chi connectivity index (χ4v) is 3.55. The lowest BCUT2D eigenvalue weighted by Gasteiger charge is -2.25. The maximum atomic E-state index is 5.41. The van der Waals surface area contributed by atoms with Crippen LogP contribution in [0.3, 0.4) is 0 Å². The third kappa shape index (κ3) is 5.29. The van der Waals surface area contributed by atoms with Crippen LogP contribution in [0.15, 0.2) is 34.6 Å². The highest BCUT2D eigenvalue weighted by atomic mass is 32.1. The van der Waals surface area contributed by atoms with Crippen molar-refractivity contribution in [3.63, 3.8) is 0 Å². The summed E-state index contributed by atoms with van der Waals surface area (Å²) in [6.45, 7) is 5.80. The van der Waals surface area contributed by atoms with Gasteiger partial charge in [-0.25, -0.2) is 0 Å². The van der Waals surface area contributed by atoms with Crippen molar-refractivity contribution in [1.29, 1.82) is 0 Å². The van der Waals surface area contributed by atoms with Gasteiger partial charge in [-0.15, -0.1) is 11.3 Å². The molecule has 0 aliphatic rings. The van der Waals surface area contributed by atoms with E-state index in [-0.39, 0.29) is 5.41 Å². The molecule has 0 saturated carbocycles. The molecule has 0 spiro atoms. The van der Waals surface area contributed by atoms with Crippen LogP contribution in [0.25, 0.3) is 0 Å². The first-order chi connectivity index (χ1) is 12.9. The first-order valence-corrected chi connectivity index (χ1v) is 9.60. The van der Waals surface area contributed by atoms with Gasteiger partial charge < -0.3 is 24.8 Å². The Hall–Kier alpha value is -2.41. The molecule has 1 aromatic heterocycles. The summed E-state index contributed by atoms with van der Waals surface area (Å²) in [5.41, 5.74) is 1.03. The number of rotatable bonds is 8. The predicted molar refractivity (Wildman–Crippen MR) is 112 cm³/mol. The first-order valence-electron chi connectivity index (χ1n) is 8.72. The minimum absolute atomic E-state index is 0.0261. The Bertz CT molecular complexity index is 733. The molecule has 1 aromatic carbocycles. The zero-order valence-electron chi connectivity index (χ0n) is 16.9. The van der Waals surface area contributed by atoms with Gasteiger partial charge in [-0.1, -0.05) is 19.9 Å². The molecule has 2 rings (SSSR count). The molecule has 2 aromatic rings. The minimum atomic E-state index is 0.0261. The van der Waals surface area contributed by atoms with Gasteiger partial charge in [0.15, 0.2) is 17.5 Å². The zero-order chi connectivity index (χ0) is 19.9. The van der Waals surface area contributed by atoms with Crippen LogP contribution in [0.1, 0.15) is 24.3 Å². The smallest absolute Gasteiger partial charge is 0.203 e. The van der Waals surface area contributed by atoms with E-state index in [1.807, 2.05) is 12.1 Å². The van der Waals surface area contributed by atoms with Crippen molar-refractivity contribution >= 4 is 17.3 Å². The number of nitrogens with one attached hydrogen (secondary N) is 2. The third-order valence-corrected chi connectivity index (χ3v) is 5.53. The van der Waals surface area contributed by atoms with E-state index in [9.17, 15) is 0 Å². The molecule has 0 atom stereocenters. The summed E-state index contributed by atoms with van der Waals surface area (Å²) in [7, 11) is 6.59. The number of guanidine groups is 1. The maximum absolute atomic E-state index is 5.41. The summed E-state index contributed by atoms with van der Waals surface area (Å²) >= 11 is 1.77. The van der Waals surface area contributed by atoms with Crippen LogP contribution in [0.2, 0.25) is 0 Å². The van der Waals surface area contributed by atoms with Crippen LogP contribution in [0, 0.1) is 0 Å². The summed E-state index contributed by atoms with van der Waals surface area (Å²) in [4.78, 5) is 5.66. The number of methoxy groups -OCH3 is 3. The van der Waals surface area contributed by atoms with Gasteiger partial charge in [-0.3, -0.25) is 4.99 Å². The number of ether oxygens (including phenoxy) is 3. The van der Waals surface area contributed by atoms with Gasteiger partial charge in [0.2, 0.25) is 5.75 Å². The Morgan fingerprint density at radius 2 is 1.74 bits per heavy atom. The van der Waals surface area contributed by atoms with Crippen molar-refractivity contribution in [3.8, 4) is 17.2 Å². The topological polar surface area (TPSA) is 64.1 Å². The van der Waals surface area contributed by atoms with Crippen LogP contribution in [0.5, 0.6) is 17.2 Å². The lowest BCUT2D eigenvalue weighted by atomic mass is 9.91. The molecule has 0 bridgehead atoms. The molecule has 0 radical (unpaired) electrons. The van der Waals surface area contributed by atoms with Crippen molar-refractivity contribution in [1.82, 2.24) is 10.6 Å². The van der Waals surface area contributed by atoms with E-state index in [0.717, 1.165) is 18.1 Å². The molecule has 148 valence electrons. The van der Waals surface area contributed by atoms with Gasteiger partial charge in [0, 0.05) is 30.4 Å². The Labute approximate surface area is 165 Å². The molecule has 0 fully saturated rings. The molecule has 0 saturated heterocycles. The Morgan fingerprint density at radius 1 is 1.07 bits per heavy atom. The minimum Gasteiger partial charge on any atom is -0.493 e. The predicted octanol–water partition coefficient (Wildman–Crippen LogP) is 3.42. The summed E-state index contributed by atoms with van der Waals surface area (Å²) in [5.74, 6) is 2.60. The van der Waals surface area contributed by atoms with E-state index in [2.05, 4.69) is 47.0 Å². The van der Waals surface area contributed by atoms with Crippen LogP contribution in [-0.2, 0) is 12.0 Å². The quantitative estimate of drug-likeness (QED) is 0.533. The first kappa shape index (κ1) is 20.9. The van der Waals surface area contributed by atoms with E-state index >= 15 is 0 Å². The highest BCUT2D eigenvalue weighted by Crippen LogP contribution is 2.38. The highest BCUT2D eigenvalue weighted by Gasteiger charge is 2.22. The molecular weight excluding hydrogens is 362 g/mol. The molecule has 7 heteroatoms. The van der Waals surface area contributed by atoms with E-state index < -0.39 is 0 Å². The fourth-order valence-electron chi connectivity index (χ4n) is 2.70. The molecule has 0 aliphatic heterocycles. The van der Waals surface area contributed by atoms with Crippen LogP contribution >= 0.6 is 11.3 Å². The fraction of sp³-hybridized carbons (Fsp3) is 0.450. The summed E-state index contributed by atoms with van der Waals surface area (Å²) < 4.78 is 16.2. The monoisotopic (exact) mass is 391 g/mol.